The number of hydrogen-bond donors (Lipinski definition) is 3. The number of aliphatic hydroxyl groups is 1. The Bertz CT molecular complexity index is 250. The van der Waals surface area contributed by atoms with Crippen LogP contribution in [-0.2, 0) is 0 Å². The molecule has 4 N–H and O–H groups in total. The fourth-order valence-corrected chi connectivity index (χ4v) is 1.01. The van der Waals surface area contributed by atoms with Crippen LogP contribution in [0.1, 0.15) is 0 Å². The van der Waals surface area contributed by atoms with Crippen LogP contribution < -0.4 is 11.1 Å². The molecule has 0 aromatic heterocycles. The first kappa shape index (κ1) is 10.3. The Balaban J connectivity index is 2.41. The van der Waals surface area contributed by atoms with Crippen molar-refractivity contribution in [2.45, 2.75) is 6.04 Å². The van der Waals surface area contributed by atoms with Crippen molar-refractivity contribution in [3.8, 4) is 0 Å². The lowest BCUT2D eigenvalue weighted by atomic mass is 10.3. The van der Waals surface area contributed by atoms with Gasteiger partial charge in [0, 0.05) is 23.3 Å². The maximum Gasteiger partial charge on any atom is 0.0599 e. The van der Waals surface area contributed by atoms with E-state index in [2.05, 4.69) is 5.32 Å². The topological polar surface area (TPSA) is 58.3 Å². The van der Waals surface area contributed by atoms with Gasteiger partial charge in [-0.05, 0) is 24.3 Å². The zero-order valence-corrected chi connectivity index (χ0v) is 7.96. The first-order chi connectivity index (χ1) is 6.22. The molecule has 0 fully saturated rings. The van der Waals surface area contributed by atoms with Crippen molar-refractivity contribution in [3.05, 3.63) is 29.3 Å². The maximum atomic E-state index is 8.67. The largest absolute Gasteiger partial charge is 0.395 e. The number of halogens is 1. The molecule has 0 radical (unpaired) electrons. The highest BCUT2D eigenvalue weighted by molar-refractivity contribution is 6.30. The maximum absolute atomic E-state index is 8.67. The number of anilines is 1. The molecule has 3 nitrogen and oxygen atoms in total. The molecule has 13 heavy (non-hydrogen) atoms. The first-order valence-electron chi connectivity index (χ1n) is 4.08. The molecule has 0 saturated heterocycles. The van der Waals surface area contributed by atoms with Crippen LogP contribution in [0.2, 0.25) is 5.02 Å². The van der Waals surface area contributed by atoms with Crippen molar-refractivity contribution in [3.63, 3.8) is 0 Å². The van der Waals surface area contributed by atoms with Crippen LogP contribution in [0.5, 0.6) is 0 Å². The fraction of sp³-hybridized carbons (Fsp3) is 0.333. The lowest BCUT2D eigenvalue weighted by molar-refractivity contribution is 0.270. The number of hydrogen-bond acceptors (Lipinski definition) is 3. The van der Waals surface area contributed by atoms with Gasteiger partial charge in [-0.3, -0.25) is 0 Å². The van der Waals surface area contributed by atoms with Crippen LogP contribution in [-0.4, -0.2) is 24.3 Å². The standard InChI is InChI=1S/C9H13ClN2O/c10-7-1-3-9(4-2-7)12-5-8(11)6-13/h1-4,8,12-13H,5-6,11H2. The predicted molar refractivity (Wildman–Crippen MR) is 55.0 cm³/mol. The normalized spacial score (nSPS) is 12.5. The Labute approximate surface area is 82.5 Å². The summed E-state index contributed by atoms with van der Waals surface area (Å²) in [5, 5.41) is 12.5. The average Bonchev–Trinajstić information content (AvgIpc) is 2.16. The van der Waals surface area contributed by atoms with Gasteiger partial charge in [0.2, 0.25) is 0 Å². The van der Waals surface area contributed by atoms with Crippen LogP contribution in [0, 0.1) is 0 Å². The van der Waals surface area contributed by atoms with Crippen molar-refractivity contribution in [1.82, 2.24) is 0 Å². The molecular formula is C9H13ClN2O. The summed E-state index contributed by atoms with van der Waals surface area (Å²) in [5.74, 6) is 0. The zero-order chi connectivity index (χ0) is 9.68. The number of nitrogens with two attached hydrogens (primary N) is 1. The molecule has 0 aliphatic heterocycles. The second-order valence-electron chi connectivity index (χ2n) is 2.83. The summed E-state index contributed by atoms with van der Waals surface area (Å²) in [5.41, 5.74) is 6.46. The van der Waals surface area contributed by atoms with Crippen LogP contribution >= 0.6 is 11.6 Å². The molecule has 0 spiro atoms. The van der Waals surface area contributed by atoms with Crippen LogP contribution in [0.4, 0.5) is 5.69 Å². The second-order valence-corrected chi connectivity index (χ2v) is 3.27. The Kier molecular flexibility index (Phi) is 4.02. The van der Waals surface area contributed by atoms with Crippen LogP contribution in [0.25, 0.3) is 0 Å². The number of nitrogens with one attached hydrogen (secondary N) is 1. The lowest BCUT2D eigenvalue weighted by Gasteiger charge is -2.10. The quantitative estimate of drug-likeness (QED) is 0.682. The van der Waals surface area contributed by atoms with Gasteiger partial charge in [-0.15, -0.1) is 0 Å². The third-order valence-corrected chi connectivity index (χ3v) is 1.90. The number of aliphatic hydroxyl groups excluding tert-OH is 1. The van der Waals surface area contributed by atoms with E-state index in [1.54, 1.807) is 12.1 Å². The molecule has 0 aliphatic rings. The fourth-order valence-electron chi connectivity index (χ4n) is 0.881. The first-order valence-corrected chi connectivity index (χ1v) is 4.46. The monoisotopic (exact) mass is 200 g/mol. The van der Waals surface area contributed by atoms with Crippen molar-refractivity contribution >= 4 is 17.3 Å². The minimum Gasteiger partial charge on any atom is -0.395 e. The third kappa shape index (κ3) is 3.63. The SMILES string of the molecule is NC(CO)CNc1ccc(Cl)cc1. The van der Waals surface area contributed by atoms with Crippen LogP contribution in [0.3, 0.4) is 0 Å². The minimum absolute atomic E-state index is 0.0133. The Hall–Kier alpha value is -0.770. The smallest absolute Gasteiger partial charge is 0.0599 e. The van der Waals surface area contributed by atoms with E-state index in [-0.39, 0.29) is 12.6 Å². The molecule has 0 heterocycles. The molecule has 1 aromatic rings. The van der Waals surface area contributed by atoms with Crippen LogP contribution in [0.15, 0.2) is 24.3 Å². The molecule has 0 aliphatic carbocycles. The Morgan fingerprint density at radius 3 is 2.54 bits per heavy atom. The van der Waals surface area contributed by atoms with E-state index in [0.717, 1.165) is 5.69 Å². The molecule has 4 heteroatoms. The predicted octanol–water partition coefficient (Wildman–Crippen LogP) is 1.07. The summed E-state index contributed by atoms with van der Waals surface area (Å²) in [6.45, 7) is 0.540. The molecule has 1 unspecified atom stereocenters. The molecule has 0 bridgehead atoms. The summed E-state index contributed by atoms with van der Waals surface area (Å²) in [4.78, 5) is 0. The molecular weight excluding hydrogens is 188 g/mol. The van der Waals surface area contributed by atoms with E-state index in [4.69, 9.17) is 22.4 Å². The summed E-state index contributed by atoms with van der Waals surface area (Å²) >= 11 is 5.71. The summed E-state index contributed by atoms with van der Waals surface area (Å²) in [6.07, 6.45) is 0. The second kappa shape index (κ2) is 5.07. The van der Waals surface area contributed by atoms with E-state index in [1.165, 1.54) is 0 Å². The van der Waals surface area contributed by atoms with Gasteiger partial charge < -0.3 is 16.2 Å². The highest BCUT2D eigenvalue weighted by Crippen LogP contribution is 2.12. The zero-order valence-electron chi connectivity index (χ0n) is 7.20. The summed E-state index contributed by atoms with van der Waals surface area (Å²) in [6, 6.07) is 7.11. The summed E-state index contributed by atoms with van der Waals surface area (Å²) in [7, 11) is 0. The van der Waals surface area contributed by atoms with E-state index in [9.17, 15) is 0 Å². The molecule has 0 amide bonds. The van der Waals surface area contributed by atoms with Gasteiger partial charge in [0.25, 0.3) is 0 Å². The minimum atomic E-state index is -0.226. The van der Waals surface area contributed by atoms with Crippen molar-refractivity contribution in [2.75, 3.05) is 18.5 Å². The van der Waals surface area contributed by atoms with Crippen molar-refractivity contribution in [2.24, 2.45) is 5.73 Å². The third-order valence-electron chi connectivity index (χ3n) is 1.65. The van der Waals surface area contributed by atoms with Gasteiger partial charge in [-0.2, -0.15) is 0 Å². The molecule has 72 valence electrons. The van der Waals surface area contributed by atoms with E-state index >= 15 is 0 Å². The van der Waals surface area contributed by atoms with Gasteiger partial charge in [0.1, 0.15) is 0 Å². The van der Waals surface area contributed by atoms with Gasteiger partial charge in [-0.1, -0.05) is 11.6 Å². The molecule has 1 atom stereocenters. The van der Waals surface area contributed by atoms with Crippen molar-refractivity contribution < 1.29 is 5.11 Å². The molecule has 1 rings (SSSR count). The van der Waals surface area contributed by atoms with Gasteiger partial charge in [0.15, 0.2) is 0 Å². The van der Waals surface area contributed by atoms with Gasteiger partial charge in [0.05, 0.1) is 6.61 Å². The Morgan fingerprint density at radius 1 is 1.38 bits per heavy atom. The van der Waals surface area contributed by atoms with Crippen molar-refractivity contribution in [1.29, 1.82) is 0 Å². The highest BCUT2D eigenvalue weighted by atomic mass is 35.5. The Morgan fingerprint density at radius 2 is 2.00 bits per heavy atom. The van der Waals surface area contributed by atoms with E-state index in [0.29, 0.717) is 11.6 Å². The van der Waals surface area contributed by atoms with Gasteiger partial charge >= 0.3 is 0 Å². The van der Waals surface area contributed by atoms with E-state index in [1.807, 2.05) is 12.1 Å². The summed E-state index contributed by atoms with van der Waals surface area (Å²) < 4.78 is 0. The molecule has 0 saturated carbocycles. The molecule has 1 aromatic carbocycles. The van der Waals surface area contributed by atoms with E-state index < -0.39 is 0 Å². The lowest BCUT2D eigenvalue weighted by Crippen LogP contribution is -2.32. The average molecular weight is 201 g/mol. The number of benzene rings is 1. The number of rotatable bonds is 4. The van der Waals surface area contributed by atoms with Gasteiger partial charge in [-0.25, -0.2) is 0 Å². The highest BCUT2D eigenvalue weighted by Gasteiger charge is 1.98.